The third-order valence-corrected chi connectivity index (χ3v) is 4.87. The molecule has 0 bridgehead atoms. The fraction of sp³-hybridized carbons (Fsp3) is 0.0952. The number of hydrogen-bond acceptors (Lipinski definition) is 4. The van der Waals surface area contributed by atoms with Gasteiger partial charge < -0.3 is 15.2 Å². The number of halogens is 1. The second kappa shape index (κ2) is 6.96. The Morgan fingerprint density at radius 3 is 2.59 bits per heavy atom. The Morgan fingerprint density at radius 1 is 1.07 bits per heavy atom. The molecular weight excluding hydrogens is 406 g/mol. The molecule has 5 nitrogen and oxygen atoms in total. The molecule has 0 aliphatic heterocycles. The van der Waals surface area contributed by atoms with Gasteiger partial charge >= 0.3 is 0 Å². The number of fused-ring (bicyclic) bond motifs is 1. The Hall–Kier alpha value is -2.99. The Labute approximate surface area is 165 Å². The van der Waals surface area contributed by atoms with Crippen LogP contribution in [-0.2, 0) is 0 Å². The van der Waals surface area contributed by atoms with Crippen LogP contribution < -0.4 is 10.1 Å². The van der Waals surface area contributed by atoms with Crippen molar-refractivity contribution in [3.63, 3.8) is 0 Å². The number of nitrogens with zero attached hydrogens (tertiary/aromatic N) is 2. The summed E-state index contributed by atoms with van der Waals surface area (Å²) >= 11 is 3.46. The van der Waals surface area contributed by atoms with Gasteiger partial charge in [0.05, 0.1) is 7.11 Å². The monoisotopic (exact) mass is 423 g/mol. The highest BCUT2D eigenvalue weighted by Gasteiger charge is 2.16. The number of aromatic nitrogens is 2. The summed E-state index contributed by atoms with van der Waals surface area (Å²) in [7, 11) is 1.53. The van der Waals surface area contributed by atoms with Crippen molar-refractivity contribution in [1.29, 1.82) is 0 Å². The number of imidazole rings is 1. The fourth-order valence-corrected chi connectivity index (χ4v) is 3.23. The zero-order valence-corrected chi connectivity index (χ0v) is 16.5. The van der Waals surface area contributed by atoms with Gasteiger partial charge in [-0.1, -0.05) is 15.9 Å². The minimum atomic E-state index is 0.100. The Morgan fingerprint density at radius 2 is 1.85 bits per heavy atom. The van der Waals surface area contributed by atoms with E-state index in [1.54, 1.807) is 12.1 Å². The molecule has 0 amide bonds. The lowest BCUT2D eigenvalue weighted by Gasteiger charge is -2.10. The van der Waals surface area contributed by atoms with Crippen LogP contribution >= 0.6 is 15.9 Å². The van der Waals surface area contributed by atoms with Crippen LogP contribution in [0.5, 0.6) is 11.5 Å². The maximum Gasteiger partial charge on any atom is 0.161 e. The van der Waals surface area contributed by atoms with Crippen LogP contribution in [0.25, 0.3) is 16.9 Å². The number of aryl methyl sites for hydroxylation is 1. The molecule has 0 fully saturated rings. The molecule has 2 aromatic heterocycles. The van der Waals surface area contributed by atoms with Crippen LogP contribution in [0, 0.1) is 6.92 Å². The van der Waals surface area contributed by atoms with Crippen LogP contribution in [0.3, 0.4) is 0 Å². The highest BCUT2D eigenvalue weighted by molar-refractivity contribution is 9.10. The number of phenolic OH excluding ortho intramolecular Hbond substituents is 1. The van der Waals surface area contributed by atoms with E-state index in [0.717, 1.165) is 38.4 Å². The topological polar surface area (TPSA) is 58.8 Å². The zero-order chi connectivity index (χ0) is 19.0. The molecule has 2 N–H and O–H groups in total. The van der Waals surface area contributed by atoms with Gasteiger partial charge in [-0.2, -0.15) is 0 Å². The highest BCUT2D eigenvalue weighted by Crippen LogP contribution is 2.36. The molecule has 0 aliphatic carbocycles. The van der Waals surface area contributed by atoms with Gasteiger partial charge in [0.1, 0.15) is 17.2 Å². The number of anilines is 2. The number of benzene rings is 2. The third kappa shape index (κ3) is 3.36. The lowest BCUT2D eigenvalue weighted by atomic mass is 10.1. The molecule has 2 heterocycles. The standard InChI is InChI=1S/C21H18BrN3O2/c1-13-9-10-25-19(11-13)24-20(14-3-8-17(26)18(12-14)27-2)21(25)23-16-6-4-15(22)5-7-16/h3-12,23,26H,1-2H3. The van der Waals surface area contributed by atoms with Crippen molar-refractivity contribution in [3.8, 4) is 22.8 Å². The first-order valence-corrected chi connectivity index (χ1v) is 9.23. The molecule has 0 spiro atoms. The quantitative estimate of drug-likeness (QED) is 0.452. The van der Waals surface area contributed by atoms with E-state index in [4.69, 9.17) is 9.72 Å². The number of hydrogen-bond donors (Lipinski definition) is 2. The van der Waals surface area contributed by atoms with Crippen molar-refractivity contribution in [1.82, 2.24) is 9.38 Å². The van der Waals surface area contributed by atoms with Gasteiger partial charge in [0, 0.05) is 21.9 Å². The zero-order valence-electron chi connectivity index (χ0n) is 14.9. The summed E-state index contributed by atoms with van der Waals surface area (Å²) < 4.78 is 8.30. The van der Waals surface area contributed by atoms with E-state index < -0.39 is 0 Å². The van der Waals surface area contributed by atoms with E-state index in [1.165, 1.54) is 7.11 Å². The van der Waals surface area contributed by atoms with Crippen LogP contribution in [0.4, 0.5) is 11.5 Å². The van der Waals surface area contributed by atoms with Crippen LogP contribution in [0.15, 0.2) is 65.3 Å². The summed E-state index contributed by atoms with van der Waals surface area (Å²) in [6, 6.07) is 17.3. The van der Waals surface area contributed by atoms with Crippen LogP contribution in [0.1, 0.15) is 5.56 Å². The van der Waals surface area contributed by atoms with Crippen molar-refractivity contribution in [2.45, 2.75) is 6.92 Å². The fourth-order valence-electron chi connectivity index (χ4n) is 2.96. The molecule has 4 rings (SSSR count). The van der Waals surface area contributed by atoms with Crippen LogP contribution in [0.2, 0.25) is 0 Å². The lowest BCUT2D eigenvalue weighted by Crippen LogP contribution is -1.97. The number of pyridine rings is 1. The maximum atomic E-state index is 9.92. The Kier molecular flexibility index (Phi) is 4.49. The summed E-state index contributed by atoms with van der Waals surface area (Å²) in [5.74, 6) is 1.36. The summed E-state index contributed by atoms with van der Waals surface area (Å²) in [5.41, 5.74) is 4.56. The van der Waals surface area contributed by atoms with Gasteiger partial charge in [-0.15, -0.1) is 0 Å². The second-order valence-electron chi connectivity index (χ2n) is 6.26. The summed E-state index contributed by atoms with van der Waals surface area (Å²) in [5, 5.41) is 13.4. The Balaban J connectivity index is 1.89. The van der Waals surface area contributed by atoms with Crippen molar-refractivity contribution in [2.24, 2.45) is 0 Å². The molecule has 27 heavy (non-hydrogen) atoms. The number of aromatic hydroxyl groups is 1. The van der Waals surface area contributed by atoms with E-state index in [0.29, 0.717) is 5.75 Å². The predicted octanol–water partition coefficient (Wildman–Crippen LogP) is 5.53. The average Bonchev–Trinajstić information content (AvgIpc) is 3.01. The molecule has 0 aliphatic rings. The van der Waals surface area contributed by atoms with Gasteiger partial charge in [0.15, 0.2) is 11.5 Å². The predicted molar refractivity (Wildman–Crippen MR) is 111 cm³/mol. The van der Waals surface area contributed by atoms with E-state index >= 15 is 0 Å². The number of ether oxygens (including phenoxy) is 1. The van der Waals surface area contributed by atoms with Gasteiger partial charge in [-0.3, -0.25) is 4.40 Å². The number of methoxy groups -OCH3 is 1. The molecule has 0 unspecified atom stereocenters. The van der Waals surface area contributed by atoms with Crippen molar-refractivity contribution < 1.29 is 9.84 Å². The summed E-state index contributed by atoms with van der Waals surface area (Å²) in [6.45, 7) is 2.04. The minimum Gasteiger partial charge on any atom is -0.504 e. The molecule has 6 heteroatoms. The van der Waals surface area contributed by atoms with E-state index in [1.807, 2.05) is 60.0 Å². The lowest BCUT2D eigenvalue weighted by molar-refractivity contribution is 0.373. The van der Waals surface area contributed by atoms with Crippen LogP contribution in [-0.4, -0.2) is 21.6 Å². The molecule has 4 aromatic rings. The minimum absolute atomic E-state index is 0.100. The number of rotatable bonds is 4. The third-order valence-electron chi connectivity index (χ3n) is 4.34. The Bertz CT molecular complexity index is 1120. The summed E-state index contributed by atoms with van der Waals surface area (Å²) in [6.07, 6.45) is 2.00. The van der Waals surface area contributed by atoms with Gasteiger partial charge in [0.25, 0.3) is 0 Å². The average molecular weight is 424 g/mol. The normalized spacial score (nSPS) is 10.9. The summed E-state index contributed by atoms with van der Waals surface area (Å²) in [4.78, 5) is 4.82. The first kappa shape index (κ1) is 17.4. The first-order chi connectivity index (χ1) is 13.0. The van der Waals surface area contributed by atoms with E-state index in [2.05, 4.69) is 21.2 Å². The van der Waals surface area contributed by atoms with Crippen molar-refractivity contribution in [2.75, 3.05) is 12.4 Å². The molecule has 0 radical (unpaired) electrons. The van der Waals surface area contributed by atoms with Gasteiger partial charge in [-0.05, 0) is 67.1 Å². The van der Waals surface area contributed by atoms with Gasteiger partial charge in [0.2, 0.25) is 0 Å². The van der Waals surface area contributed by atoms with Crippen molar-refractivity contribution >= 4 is 33.1 Å². The van der Waals surface area contributed by atoms with Gasteiger partial charge in [-0.25, -0.2) is 4.98 Å². The molecule has 136 valence electrons. The van der Waals surface area contributed by atoms with E-state index in [-0.39, 0.29) is 5.75 Å². The first-order valence-electron chi connectivity index (χ1n) is 8.44. The second-order valence-corrected chi connectivity index (χ2v) is 7.18. The smallest absolute Gasteiger partial charge is 0.161 e. The highest BCUT2D eigenvalue weighted by atomic mass is 79.9. The molecule has 0 saturated carbocycles. The van der Waals surface area contributed by atoms with E-state index in [9.17, 15) is 5.11 Å². The molecule has 0 saturated heterocycles. The van der Waals surface area contributed by atoms with Crippen molar-refractivity contribution in [3.05, 3.63) is 70.8 Å². The maximum absolute atomic E-state index is 9.92. The molecule has 0 atom stereocenters. The number of phenols is 1. The molecule has 2 aromatic carbocycles. The SMILES string of the molecule is COc1cc(-c2nc3cc(C)ccn3c2Nc2ccc(Br)cc2)ccc1O. The number of nitrogens with one attached hydrogen (secondary N) is 1. The largest absolute Gasteiger partial charge is 0.504 e. The molecular formula is C21H18BrN3O2.